The summed E-state index contributed by atoms with van der Waals surface area (Å²) in [7, 11) is 0. The molecule has 6 heteroatoms. The van der Waals surface area contributed by atoms with Crippen molar-refractivity contribution in [2.24, 2.45) is 0 Å². The molecule has 0 radical (unpaired) electrons. The Balaban J connectivity index is 0.973. The van der Waals surface area contributed by atoms with Gasteiger partial charge in [0, 0.05) is 38.7 Å². The van der Waals surface area contributed by atoms with Crippen LogP contribution in [0.25, 0.3) is 117 Å². The number of furan rings is 1. The SMILES string of the molecule is c1ccc(-c2nc(-c3ccccc3)nc(-c3ccc(-c4ccc(-c5nc6ccccc6c6oc7c8ccccc8n(-c8ccc9ccccc9c8)c7c56)cc4)cc3)n2)cc1. The smallest absolute Gasteiger partial charge is 0.164 e. The molecule has 8 aromatic carbocycles. The first-order chi connectivity index (χ1) is 29.7. The predicted octanol–water partition coefficient (Wildman–Crippen LogP) is 13.8. The van der Waals surface area contributed by atoms with Crippen LogP contribution in [0.15, 0.2) is 205 Å². The third kappa shape index (κ3) is 5.57. The van der Waals surface area contributed by atoms with E-state index < -0.39 is 0 Å². The Morgan fingerprint density at radius 2 is 0.883 bits per heavy atom. The molecule has 0 spiro atoms. The van der Waals surface area contributed by atoms with E-state index in [9.17, 15) is 0 Å². The number of pyridine rings is 1. The molecule has 0 aliphatic carbocycles. The van der Waals surface area contributed by atoms with Crippen LogP contribution in [0.4, 0.5) is 0 Å². The van der Waals surface area contributed by atoms with Crippen LogP contribution in [0.2, 0.25) is 0 Å². The molecule has 12 aromatic rings. The van der Waals surface area contributed by atoms with E-state index in [1.54, 1.807) is 0 Å². The lowest BCUT2D eigenvalue weighted by molar-refractivity contribution is 0.676. The summed E-state index contributed by atoms with van der Waals surface area (Å²) < 4.78 is 9.31. The van der Waals surface area contributed by atoms with Gasteiger partial charge in [0.15, 0.2) is 23.1 Å². The molecular weight excluding hydrogens is 735 g/mol. The predicted molar refractivity (Wildman–Crippen MR) is 244 cm³/mol. The fourth-order valence-electron chi connectivity index (χ4n) is 8.51. The van der Waals surface area contributed by atoms with E-state index in [1.165, 1.54) is 10.8 Å². The van der Waals surface area contributed by atoms with Crippen molar-refractivity contribution in [2.45, 2.75) is 0 Å². The first-order valence-electron chi connectivity index (χ1n) is 20.1. The second-order valence-corrected chi connectivity index (χ2v) is 15.0. The molecule has 0 saturated heterocycles. The Morgan fingerprint density at radius 3 is 1.55 bits per heavy atom. The fraction of sp³-hybridized carbons (Fsp3) is 0. The van der Waals surface area contributed by atoms with Gasteiger partial charge in [0.05, 0.1) is 22.1 Å². The summed E-state index contributed by atoms with van der Waals surface area (Å²) in [5.74, 6) is 1.91. The van der Waals surface area contributed by atoms with Crippen molar-refractivity contribution in [1.29, 1.82) is 0 Å². The highest BCUT2D eigenvalue weighted by atomic mass is 16.3. The van der Waals surface area contributed by atoms with Crippen LogP contribution in [-0.2, 0) is 0 Å². The number of fused-ring (bicyclic) bond motifs is 8. The van der Waals surface area contributed by atoms with Gasteiger partial charge in [-0.25, -0.2) is 19.9 Å². The summed E-state index contributed by atoms with van der Waals surface area (Å²) in [6.45, 7) is 0. The van der Waals surface area contributed by atoms with Crippen LogP contribution in [0, 0.1) is 0 Å². The molecule has 0 unspecified atom stereocenters. The third-order valence-electron chi connectivity index (χ3n) is 11.4. The average molecular weight is 768 g/mol. The standard InChI is InChI=1S/C54H33N5O/c1-3-14-38(15-4-1)52-56-53(39-16-5-2-6-17-39)58-54(57-52)40-29-25-36(26-30-40)35-23-27-37(28-24-35)48-47-49-51(60-50(47)43-19-9-11-21-45(43)55-48)44-20-10-12-22-46(44)59(49)42-32-31-34-13-7-8-18-41(34)33-42/h1-33H. The van der Waals surface area contributed by atoms with Crippen molar-refractivity contribution < 1.29 is 4.42 Å². The van der Waals surface area contributed by atoms with Crippen LogP contribution in [0.3, 0.4) is 0 Å². The highest BCUT2D eigenvalue weighted by Crippen LogP contribution is 2.45. The van der Waals surface area contributed by atoms with E-state index in [4.69, 9.17) is 24.4 Å². The van der Waals surface area contributed by atoms with Gasteiger partial charge in [-0.1, -0.05) is 164 Å². The van der Waals surface area contributed by atoms with Crippen LogP contribution in [0.5, 0.6) is 0 Å². The maximum atomic E-state index is 6.96. The Hall–Kier alpha value is -8.22. The van der Waals surface area contributed by atoms with Crippen LogP contribution in [0.1, 0.15) is 0 Å². The molecule has 12 rings (SSSR count). The molecule has 60 heavy (non-hydrogen) atoms. The summed E-state index contributed by atoms with van der Waals surface area (Å²) in [6.07, 6.45) is 0. The molecular formula is C54H33N5O. The average Bonchev–Trinajstić information content (AvgIpc) is 3.87. The van der Waals surface area contributed by atoms with E-state index >= 15 is 0 Å². The zero-order valence-electron chi connectivity index (χ0n) is 32.2. The molecule has 0 fully saturated rings. The zero-order valence-corrected chi connectivity index (χ0v) is 32.2. The van der Waals surface area contributed by atoms with Gasteiger partial charge >= 0.3 is 0 Å². The van der Waals surface area contributed by atoms with Crippen LogP contribution in [-0.4, -0.2) is 24.5 Å². The van der Waals surface area contributed by atoms with Gasteiger partial charge in [0.25, 0.3) is 0 Å². The molecule has 0 aliphatic heterocycles. The van der Waals surface area contributed by atoms with Gasteiger partial charge in [-0.2, -0.15) is 0 Å². The zero-order chi connectivity index (χ0) is 39.6. The monoisotopic (exact) mass is 767 g/mol. The molecule has 0 N–H and O–H groups in total. The molecule has 4 heterocycles. The summed E-state index contributed by atoms with van der Waals surface area (Å²) in [5.41, 5.74) is 12.6. The molecule has 4 aromatic heterocycles. The quantitative estimate of drug-likeness (QED) is 0.168. The highest BCUT2D eigenvalue weighted by molar-refractivity contribution is 6.24. The second-order valence-electron chi connectivity index (χ2n) is 15.0. The van der Waals surface area contributed by atoms with Crippen LogP contribution < -0.4 is 0 Å². The van der Waals surface area contributed by atoms with Gasteiger partial charge < -0.3 is 8.98 Å². The maximum Gasteiger partial charge on any atom is 0.164 e. The summed E-state index contributed by atoms with van der Waals surface area (Å²) in [5, 5.41) is 5.43. The Bertz CT molecular complexity index is 3520. The summed E-state index contributed by atoms with van der Waals surface area (Å²) in [4.78, 5) is 20.1. The fourth-order valence-corrected chi connectivity index (χ4v) is 8.51. The number of rotatable bonds is 6. The Labute approximate surface area is 344 Å². The molecule has 0 bridgehead atoms. The summed E-state index contributed by atoms with van der Waals surface area (Å²) >= 11 is 0. The van der Waals surface area contributed by atoms with Crippen molar-refractivity contribution >= 4 is 54.6 Å². The lowest BCUT2D eigenvalue weighted by Gasteiger charge is -2.12. The van der Waals surface area contributed by atoms with E-state index in [1.807, 2.05) is 66.7 Å². The van der Waals surface area contributed by atoms with Gasteiger partial charge in [0.2, 0.25) is 0 Å². The minimum absolute atomic E-state index is 0.628. The molecule has 0 aliphatic rings. The van der Waals surface area contributed by atoms with Gasteiger partial charge in [-0.15, -0.1) is 0 Å². The molecule has 0 atom stereocenters. The van der Waals surface area contributed by atoms with Gasteiger partial charge in [-0.3, -0.25) is 0 Å². The number of nitrogens with zero attached hydrogens (tertiary/aromatic N) is 5. The van der Waals surface area contributed by atoms with Crippen molar-refractivity contribution in [3.8, 4) is 62.2 Å². The van der Waals surface area contributed by atoms with Crippen molar-refractivity contribution in [2.75, 3.05) is 0 Å². The van der Waals surface area contributed by atoms with Crippen molar-refractivity contribution in [1.82, 2.24) is 24.5 Å². The van der Waals surface area contributed by atoms with Gasteiger partial charge in [0.1, 0.15) is 11.1 Å². The topological polar surface area (TPSA) is 69.6 Å². The molecule has 280 valence electrons. The first-order valence-corrected chi connectivity index (χ1v) is 20.1. The van der Waals surface area contributed by atoms with E-state index in [0.29, 0.717) is 17.5 Å². The van der Waals surface area contributed by atoms with E-state index in [0.717, 1.165) is 88.6 Å². The molecule has 6 nitrogen and oxygen atoms in total. The third-order valence-corrected chi connectivity index (χ3v) is 11.4. The minimum atomic E-state index is 0.628. The van der Waals surface area contributed by atoms with Gasteiger partial charge in [-0.05, 0) is 58.3 Å². The number of hydrogen-bond donors (Lipinski definition) is 0. The normalized spacial score (nSPS) is 11.7. The number of para-hydroxylation sites is 2. The van der Waals surface area contributed by atoms with Crippen molar-refractivity contribution in [3.63, 3.8) is 0 Å². The number of benzene rings is 8. The summed E-state index contributed by atoms with van der Waals surface area (Å²) in [6, 6.07) is 69.1. The Morgan fingerprint density at radius 1 is 0.367 bits per heavy atom. The van der Waals surface area contributed by atoms with E-state index in [2.05, 4.69) is 138 Å². The lowest BCUT2D eigenvalue weighted by Crippen LogP contribution is -2.00. The van der Waals surface area contributed by atoms with Crippen LogP contribution >= 0.6 is 0 Å². The first kappa shape index (κ1) is 33.9. The largest absolute Gasteiger partial charge is 0.453 e. The molecule has 0 saturated carbocycles. The maximum absolute atomic E-state index is 6.96. The van der Waals surface area contributed by atoms with Crippen molar-refractivity contribution in [3.05, 3.63) is 200 Å². The van der Waals surface area contributed by atoms with E-state index in [-0.39, 0.29) is 0 Å². The number of aromatic nitrogens is 5. The lowest BCUT2D eigenvalue weighted by atomic mass is 9.99. The molecule has 0 amide bonds. The highest BCUT2D eigenvalue weighted by Gasteiger charge is 2.25. The number of hydrogen-bond acceptors (Lipinski definition) is 5. The minimum Gasteiger partial charge on any atom is -0.453 e. The Kier molecular flexibility index (Phi) is 7.74. The second kappa shape index (κ2) is 13.7.